The number of aliphatic hydroxyl groups excluding tert-OH is 1. The normalized spacial score (nSPS) is 11.2. The number of ether oxygens (including phenoxy) is 3. The fraction of sp³-hybridized carbons (Fsp3) is 0.571. The molecule has 0 unspecified atom stereocenters. The smallest absolute Gasteiger partial charge is 0.334 e. The van der Waals surface area contributed by atoms with Crippen molar-refractivity contribution in [3.63, 3.8) is 0 Å². The molecule has 0 heterocycles. The summed E-state index contributed by atoms with van der Waals surface area (Å²) in [5.74, 6) is -5.31. The van der Waals surface area contributed by atoms with E-state index in [1.54, 1.807) is 0 Å². The summed E-state index contributed by atoms with van der Waals surface area (Å²) in [6.07, 6.45) is 0. The van der Waals surface area contributed by atoms with Crippen molar-refractivity contribution < 1.29 is 53.2 Å². The number of aliphatic carboxylic acids is 1. The summed E-state index contributed by atoms with van der Waals surface area (Å²) in [6.45, 7) is -2.25. The van der Waals surface area contributed by atoms with E-state index in [0.717, 1.165) is 0 Å². The predicted molar refractivity (Wildman–Crippen MR) is 100 cm³/mol. The van der Waals surface area contributed by atoms with Crippen LogP contribution in [-0.4, -0.2) is 97.5 Å². The topological polar surface area (TPSA) is 327 Å². The molecule has 180 valence electrons. The third-order valence-corrected chi connectivity index (χ3v) is 2.35. The Hall–Kier alpha value is -3.06. The van der Waals surface area contributed by atoms with Crippen LogP contribution in [0.15, 0.2) is 0 Å². The standard InChI is InChI=1S/C7H13N3O5.C4H8N2O3.C3H7NO3/c8-1-5(11)14-3-4(10)7(13)15-6(12)2-9;5-1-3(7)9-4(8)2-6;4-2(1-5)3(6)7/h4H,1-3,8-10H2;1-2,5-6H2;2,5H,1,4H2,(H,6,7)/t4-;;2-/m0.0/s1. The lowest BCUT2D eigenvalue weighted by Crippen LogP contribution is -2.40. The highest BCUT2D eigenvalue weighted by atomic mass is 16.6. The van der Waals surface area contributed by atoms with Crippen molar-refractivity contribution in [3.8, 4) is 0 Å². The highest BCUT2D eigenvalue weighted by Crippen LogP contribution is 1.89. The van der Waals surface area contributed by atoms with Gasteiger partial charge in [0.1, 0.15) is 18.7 Å². The second-order valence-electron chi connectivity index (χ2n) is 4.87. The molecule has 17 nitrogen and oxygen atoms in total. The molecule has 0 aliphatic carbocycles. The minimum Gasteiger partial charge on any atom is -0.480 e. The maximum atomic E-state index is 11.0. The first-order chi connectivity index (χ1) is 14.4. The van der Waals surface area contributed by atoms with Gasteiger partial charge in [-0.1, -0.05) is 0 Å². The summed E-state index contributed by atoms with van der Waals surface area (Å²) in [6, 6.07) is -2.35. The molecule has 0 aliphatic heterocycles. The van der Waals surface area contributed by atoms with Crippen molar-refractivity contribution in [2.45, 2.75) is 12.1 Å². The highest BCUT2D eigenvalue weighted by Gasteiger charge is 2.19. The summed E-state index contributed by atoms with van der Waals surface area (Å²) in [5.41, 5.74) is 29.4. The van der Waals surface area contributed by atoms with Crippen LogP contribution in [0.2, 0.25) is 0 Å². The van der Waals surface area contributed by atoms with Gasteiger partial charge in [-0.05, 0) is 0 Å². The van der Waals surface area contributed by atoms with Crippen molar-refractivity contribution >= 4 is 35.8 Å². The number of esters is 5. The molecule has 2 atom stereocenters. The summed E-state index contributed by atoms with van der Waals surface area (Å²) in [7, 11) is 0. The van der Waals surface area contributed by atoms with Gasteiger partial charge in [0.05, 0.1) is 32.8 Å². The second kappa shape index (κ2) is 20.2. The number of aliphatic hydroxyl groups is 1. The fourth-order valence-electron chi connectivity index (χ4n) is 0.828. The average Bonchev–Trinajstić information content (AvgIpc) is 2.76. The van der Waals surface area contributed by atoms with E-state index in [0.29, 0.717) is 0 Å². The van der Waals surface area contributed by atoms with Crippen LogP contribution in [0.4, 0.5) is 0 Å². The van der Waals surface area contributed by atoms with Gasteiger partial charge in [0, 0.05) is 0 Å². The first-order valence-electron chi connectivity index (χ1n) is 8.18. The molecule has 0 saturated carbocycles. The Morgan fingerprint density at radius 3 is 1.35 bits per heavy atom. The SMILES string of the molecule is NCC(=O)OC(=O)CN.NCC(=O)OC[C@H](N)C(=O)OC(=O)CN.N[C@@H](CO)C(=O)O. The van der Waals surface area contributed by atoms with Crippen molar-refractivity contribution in [3.05, 3.63) is 0 Å². The summed E-state index contributed by atoms with van der Waals surface area (Å²) < 4.78 is 12.7. The summed E-state index contributed by atoms with van der Waals surface area (Å²) in [4.78, 5) is 62.1. The van der Waals surface area contributed by atoms with Gasteiger partial charge >= 0.3 is 35.8 Å². The van der Waals surface area contributed by atoms with E-state index >= 15 is 0 Å². The molecule has 0 aromatic rings. The van der Waals surface area contributed by atoms with Gasteiger partial charge in [0.15, 0.2) is 0 Å². The van der Waals surface area contributed by atoms with Crippen LogP contribution in [0.1, 0.15) is 0 Å². The maximum absolute atomic E-state index is 11.0. The minimum absolute atomic E-state index is 0.300. The molecule has 0 bridgehead atoms. The number of nitrogens with two attached hydrogens (primary N) is 6. The Morgan fingerprint density at radius 1 is 0.677 bits per heavy atom. The molecular formula is C14H28N6O11. The molecule has 0 aliphatic rings. The molecule has 31 heavy (non-hydrogen) atoms. The van der Waals surface area contributed by atoms with E-state index in [4.69, 9.17) is 44.6 Å². The monoisotopic (exact) mass is 456 g/mol. The number of carboxylic acid groups (broad SMARTS) is 1. The first-order valence-corrected chi connectivity index (χ1v) is 8.18. The molecule has 0 amide bonds. The van der Waals surface area contributed by atoms with Crippen LogP contribution in [0.5, 0.6) is 0 Å². The Bertz CT molecular complexity index is 587. The summed E-state index contributed by atoms with van der Waals surface area (Å²) >= 11 is 0. The first kappa shape index (κ1) is 32.6. The maximum Gasteiger partial charge on any atom is 0.334 e. The Balaban J connectivity index is -0.000000417. The van der Waals surface area contributed by atoms with Crippen molar-refractivity contribution in [2.75, 3.05) is 39.4 Å². The minimum atomic E-state index is -1.23. The largest absolute Gasteiger partial charge is 0.480 e. The lowest BCUT2D eigenvalue weighted by Gasteiger charge is -2.09. The molecular weight excluding hydrogens is 428 g/mol. The third kappa shape index (κ3) is 21.5. The van der Waals surface area contributed by atoms with Crippen molar-refractivity contribution in [2.24, 2.45) is 34.4 Å². The van der Waals surface area contributed by atoms with Crippen LogP contribution in [-0.2, 0) is 43.0 Å². The van der Waals surface area contributed by atoms with E-state index < -0.39 is 67.7 Å². The van der Waals surface area contributed by atoms with Gasteiger partial charge < -0.3 is 58.8 Å². The number of carbonyl (C=O) groups is 6. The van der Waals surface area contributed by atoms with Crippen LogP contribution < -0.4 is 34.4 Å². The number of hydrogen-bond acceptors (Lipinski definition) is 16. The molecule has 0 spiro atoms. The fourth-order valence-corrected chi connectivity index (χ4v) is 0.828. The van der Waals surface area contributed by atoms with Gasteiger partial charge in [0.2, 0.25) is 0 Å². The van der Waals surface area contributed by atoms with Crippen molar-refractivity contribution in [1.29, 1.82) is 0 Å². The van der Waals surface area contributed by atoms with Gasteiger partial charge in [-0.2, -0.15) is 0 Å². The number of carboxylic acids is 1. The quantitative estimate of drug-likeness (QED) is 0.0906. The van der Waals surface area contributed by atoms with Gasteiger partial charge in [-0.25, -0.2) is 4.79 Å². The third-order valence-electron chi connectivity index (χ3n) is 2.35. The van der Waals surface area contributed by atoms with E-state index in [2.05, 4.69) is 14.2 Å². The van der Waals surface area contributed by atoms with Gasteiger partial charge in [-0.15, -0.1) is 0 Å². The second-order valence-corrected chi connectivity index (χ2v) is 4.87. The number of hydrogen-bond donors (Lipinski definition) is 8. The Morgan fingerprint density at radius 2 is 1.06 bits per heavy atom. The van der Waals surface area contributed by atoms with Gasteiger partial charge in [0.25, 0.3) is 0 Å². The van der Waals surface area contributed by atoms with Crippen LogP contribution >= 0.6 is 0 Å². The number of rotatable bonds is 9. The van der Waals surface area contributed by atoms with E-state index in [9.17, 15) is 28.8 Å². The molecule has 0 rings (SSSR count). The lowest BCUT2D eigenvalue weighted by atomic mass is 10.3. The van der Waals surface area contributed by atoms with Crippen LogP contribution in [0.3, 0.4) is 0 Å². The Kier molecular flexibility index (Phi) is 21.3. The van der Waals surface area contributed by atoms with Crippen molar-refractivity contribution in [1.82, 2.24) is 0 Å². The molecule has 17 heteroatoms. The van der Waals surface area contributed by atoms with E-state index in [-0.39, 0.29) is 19.6 Å². The lowest BCUT2D eigenvalue weighted by molar-refractivity contribution is -0.161. The average molecular weight is 456 g/mol. The zero-order valence-electron chi connectivity index (χ0n) is 16.4. The Labute approximate surface area is 175 Å². The highest BCUT2D eigenvalue weighted by molar-refractivity contribution is 5.89. The molecule has 14 N–H and O–H groups in total. The van der Waals surface area contributed by atoms with Crippen LogP contribution in [0, 0.1) is 0 Å². The molecule has 0 fully saturated rings. The predicted octanol–water partition coefficient (Wildman–Crippen LogP) is -6.79. The molecule has 0 saturated heterocycles. The molecule has 0 aromatic carbocycles. The molecule has 0 radical (unpaired) electrons. The van der Waals surface area contributed by atoms with E-state index in [1.165, 1.54) is 0 Å². The number of carbonyl (C=O) groups excluding carboxylic acids is 5. The molecule has 0 aromatic heterocycles. The summed E-state index contributed by atoms with van der Waals surface area (Å²) in [5, 5.41) is 15.9. The van der Waals surface area contributed by atoms with Crippen LogP contribution in [0.25, 0.3) is 0 Å². The van der Waals surface area contributed by atoms with Gasteiger partial charge in [-0.3, -0.25) is 24.0 Å². The zero-order valence-corrected chi connectivity index (χ0v) is 16.4. The van der Waals surface area contributed by atoms with E-state index in [1.807, 2.05) is 0 Å². The zero-order chi connectivity index (χ0) is 25.0.